The molecule has 0 bridgehead atoms. The van der Waals surface area contributed by atoms with Crippen molar-refractivity contribution in [2.24, 2.45) is 5.73 Å². The number of benzene rings is 2. The van der Waals surface area contributed by atoms with Crippen molar-refractivity contribution < 1.29 is 42.4 Å². The van der Waals surface area contributed by atoms with Crippen LogP contribution in [-0.2, 0) is 16.1 Å². The molecule has 0 saturated carbocycles. The third-order valence-corrected chi connectivity index (χ3v) is 5.30. The molecule has 202 valence electrons. The molecule has 1 amide bonds. The van der Waals surface area contributed by atoms with E-state index < -0.39 is 31.6 Å². The van der Waals surface area contributed by atoms with Gasteiger partial charge in [0.25, 0.3) is 5.91 Å². The third-order valence-electron chi connectivity index (χ3n) is 5.05. The Labute approximate surface area is 215 Å². The highest BCUT2D eigenvalue weighted by Crippen LogP contribution is 2.25. The van der Waals surface area contributed by atoms with E-state index in [1.54, 1.807) is 29.2 Å². The molecule has 10 nitrogen and oxygen atoms in total. The fraction of sp³-hybridized carbons (Fsp3) is 0.348. The molecule has 37 heavy (non-hydrogen) atoms. The van der Waals surface area contributed by atoms with Crippen molar-refractivity contribution in [1.29, 1.82) is 0 Å². The van der Waals surface area contributed by atoms with Crippen LogP contribution in [0.3, 0.4) is 0 Å². The normalized spacial score (nSPS) is 16.1. The number of ether oxygens (including phenoxy) is 3. The quantitative estimate of drug-likeness (QED) is 0.233. The maximum Gasteiger partial charge on any atom is 0.573 e. The average molecular weight is 547 g/mol. The summed E-state index contributed by atoms with van der Waals surface area (Å²) in [5.74, 6) is -0.694. The molecule has 0 fully saturated rings. The molecular weight excluding hydrogens is 521 g/mol. The number of nitrogens with two attached hydrogens (primary N) is 1. The lowest BCUT2D eigenvalue weighted by Crippen LogP contribution is -2.50. The van der Waals surface area contributed by atoms with Crippen LogP contribution in [0.2, 0.25) is 5.02 Å². The average Bonchev–Trinajstić information content (AvgIpc) is 3.23. The first-order chi connectivity index (χ1) is 17.6. The number of aliphatic hydroxyl groups is 2. The van der Waals surface area contributed by atoms with Crippen molar-refractivity contribution in [3.05, 3.63) is 71.0 Å². The van der Waals surface area contributed by atoms with E-state index in [4.69, 9.17) is 26.8 Å². The van der Waals surface area contributed by atoms with Crippen LogP contribution in [0.5, 0.6) is 11.5 Å². The fourth-order valence-corrected chi connectivity index (χ4v) is 3.52. The number of halogens is 4. The molecule has 1 aliphatic heterocycles. The topological polar surface area (TPSA) is 130 Å². The van der Waals surface area contributed by atoms with Gasteiger partial charge in [-0.3, -0.25) is 15.4 Å². The number of amides is 1. The summed E-state index contributed by atoms with van der Waals surface area (Å²) in [6, 6.07) is 11.9. The molecular formula is C23H26ClF3N4O6. The summed E-state index contributed by atoms with van der Waals surface area (Å²) in [5.41, 5.74) is 6.43. The van der Waals surface area contributed by atoms with E-state index in [1.165, 1.54) is 18.3 Å². The van der Waals surface area contributed by atoms with Gasteiger partial charge in [-0.2, -0.15) is 0 Å². The number of nitrogens with one attached hydrogen (secondary N) is 1. The van der Waals surface area contributed by atoms with E-state index in [0.29, 0.717) is 10.8 Å². The molecule has 2 unspecified atom stereocenters. The van der Waals surface area contributed by atoms with Crippen LogP contribution in [-0.4, -0.2) is 71.4 Å². The van der Waals surface area contributed by atoms with Crippen LogP contribution in [0.4, 0.5) is 13.2 Å². The van der Waals surface area contributed by atoms with Crippen molar-refractivity contribution in [1.82, 2.24) is 15.1 Å². The predicted octanol–water partition coefficient (Wildman–Crippen LogP) is 1.92. The van der Waals surface area contributed by atoms with Gasteiger partial charge >= 0.3 is 6.36 Å². The molecule has 0 saturated heterocycles. The van der Waals surface area contributed by atoms with Crippen molar-refractivity contribution in [3.63, 3.8) is 0 Å². The molecule has 3 rings (SSSR count). The minimum absolute atomic E-state index is 0.0464. The molecule has 0 aromatic heterocycles. The summed E-state index contributed by atoms with van der Waals surface area (Å²) in [6.07, 6.45) is -5.80. The smallest absolute Gasteiger partial charge is 0.491 e. The lowest BCUT2D eigenvalue weighted by Gasteiger charge is -2.32. The van der Waals surface area contributed by atoms with Gasteiger partial charge in [-0.05, 0) is 42.0 Å². The number of alkyl halides is 3. The van der Waals surface area contributed by atoms with Gasteiger partial charge in [-0.25, -0.2) is 0 Å². The summed E-state index contributed by atoms with van der Waals surface area (Å²) < 4.78 is 52.0. The number of aliphatic hydroxyl groups excluding tert-OH is 2. The third kappa shape index (κ3) is 8.40. The van der Waals surface area contributed by atoms with Crippen LogP contribution in [0.25, 0.3) is 0 Å². The lowest BCUT2D eigenvalue weighted by molar-refractivity contribution is -0.274. The van der Waals surface area contributed by atoms with E-state index >= 15 is 0 Å². The maximum absolute atomic E-state index is 13.0. The first-order valence-corrected chi connectivity index (χ1v) is 11.4. The van der Waals surface area contributed by atoms with Crippen molar-refractivity contribution in [3.8, 4) is 11.5 Å². The Morgan fingerprint density at radius 3 is 2.38 bits per heavy atom. The van der Waals surface area contributed by atoms with Gasteiger partial charge in [-0.1, -0.05) is 23.7 Å². The Bertz CT molecular complexity index is 1050. The van der Waals surface area contributed by atoms with Gasteiger partial charge in [0, 0.05) is 24.3 Å². The number of hydrogen-bond donors (Lipinski definition) is 4. The summed E-state index contributed by atoms with van der Waals surface area (Å²) in [4.78, 5) is 15.6. The molecule has 2 atom stereocenters. The first kappa shape index (κ1) is 28.3. The molecule has 1 heterocycles. The Kier molecular flexibility index (Phi) is 9.83. The highest BCUT2D eigenvalue weighted by atomic mass is 35.5. The molecule has 0 aliphatic carbocycles. The van der Waals surface area contributed by atoms with Gasteiger partial charge < -0.3 is 34.6 Å². The van der Waals surface area contributed by atoms with Gasteiger partial charge in [0.2, 0.25) is 6.35 Å². The monoisotopic (exact) mass is 546 g/mol. The van der Waals surface area contributed by atoms with E-state index in [9.17, 15) is 28.2 Å². The van der Waals surface area contributed by atoms with Crippen LogP contribution in [0.15, 0.2) is 60.4 Å². The number of hydrogen-bond acceptors (Lipinski definition) is 9. The van der Waals surface area contributed by atoms with Crippen molar-refractivity contribution in [2.75, 3.05) is 26.4 Å². The summed E-state index contributed by atoms with van der Waals surface area (Å²) in [7, 11) is 0. The molecule has 1 aliphatic rings. The Balaban J connectivity index is 1.62. The summed E-state index contributed by atoms with van der Waals surface area (Å²) >= 11 is 5.96. The van der Waals surface area contributed by atoms with E-state index in [0.717, 1.165) is 22.6 Å². The molecule has 0 radical (unpaired) electrons. The fourth-order valence-electron chi connectivity index (χ4n) is 3.39. The van der Waals surface area contributed by atoms with Gasteiger partial charge in [0.05, 0.1) is 13.2 Å². The lowest BCUT2D eigenvalue weighted by atomic mass is 10.2. The zero-order chi connectivity index (χ0) is 27.0. The number of nitrogens with zero attached hydrogens (tertiary/aromatic N) is 2. The standard InChI is InChI=1S/C23H26ClF3N4O6/c24-16-3-1-15(2-4-16)14-31-19(20(33)30(9-10-32)21(28)34)13-29-22(31)36-12-11-35-17-5-7-18(8-6-17)37-23(25,26)27/h1-8,13,21-22,29,32,34H,9-12,14,28H2. The first-order valence-electron chi connectivity index (χ1n) is 11.0. The number of carbonyl (C=O) groups is 1. The summed E-state index contributed by atoms with van der Waals surface area (Å²) in [5, 5.41) is 22.5. The maximum atomic E-state index is 13.0. The molecule has 2 aromatic carbocycles. The largest absolute Gasteiger partial charge is 0.573 e. The van der Waals surface area contributed by atoms with E-state index in [-0.39, 0.29) is 37.7 Å². The van der Waals surface area contributed by atoms with Gasteiger partial charge in [-0.15, -0.1) is 13.2 Å². The number of rotatable bonds is 12. The molecule has 5 N–H and O–H groups in total. The van der Waals surface area contributed by atoms with E-state index in [2.05, 4.69) is 10.1 Å². The second kappa shape index (κ2) is 12.8. The van der Waals surface area contributed by atoms with Gasteiger partial charge in [0.1, 0.15) is 23.8 Å². The number of carbonyl (C=O) groups excluding carboxylic acids is 1. The Morgan fingerprint density at radius 2 is 1.78 bits per heavy atom. The zero-order valence-corrected chi connectivity index (χ0v) is 20.2. The molecule has 14 heteroatoms. The summed E-state index contributed by atoms with van der Waals surface area (Å²) in [6.45, 7) is -0.270. The van der Waals surface area contributed by atoms with Crippen LogP contribution < -0.4 is 20.5 Å². The molecule has 0 spiro atoms. The predicted molar refractivity (Wildman–Crippen MR) is 126 cm³/mol. The second-order valence-corrected chi connectivity index (χ2v) is 8.11. The molecule has 2 aromatic rings. The minimum Gasteiger partial charge on any atom is -0.491 e. The second-order valence-electron chi connectivity index (χ2n) is 7.68. The van der Waals surface area contributed by atoms with E-state index in [1.807, 2.05) is 0 Å². The van der Waals surface area contributed by atoms with Crippen LogP contribution >= 0.6 is 11.6 Å². The van der Waals surface area contributed by atoms with Crippen molar-refractivity contribution in [2.45, 2.75) is 25.6 Å². The highest BCUT2D eigenvalue weighted by molar-refractivity contribution is 6.30. The Hall–Kier alpha value is -3.23. The van der Waals surface area contributed by atoms with Crippen LogP contribution in [0, 0.1) is 0 Å². The van der Waals surface area contributed by atoms with Gasteiger partial charge in [0.15, 0.2) is 6.35 Å². The van der Waals surface area contributed by atoms with Crippen LogP contribution in [0.1, 0.15) is 5.56 Å². The highest BCUT2D eigenvalue weighted by Gasteiger charge is 2.34. The SMILES string of the molecule is NC(O)N(CCO)C(=O)C1=CNC(OCCOc2ccc(OC(F)(F)F)cc2)N1Cc1ccc(Cl)cc1. The zero-order valence-electron chi connectivity index (χ0n) is 19.4. The Morgan fingerprint density at radius 1 is 1.14 bits per heavy atom. The minimum atomic E-state index is -4.78. The van der Waals surface area contributed by atoms with Crippen molar-refractivity contribution >= 4 is 17.5 Å².